The second-order valence-corrected chi connectivity index (χ2v) is 7.80. The number of carbonyl (C=O) groups excluding carboxylic acids is 2. The van der Waals surface area contributed by atoms with E-state index in [1.165, 1.54) is 0 Å². The number of nitrogens with one attached hydrogen (secondary N) is 1. The zero-order valence-electron chi connectivity index (χ0n) is 15.4. The fourth-order valence-electron chi connectivity index (χ4n) is 3.25. The molecule has 1 aliphatic heterocycles. The Morgan fingerprint density at radius 2 is 1.89 bits per heavy atom. The molecule has 1 fully saturated rings. The summed E-state index contributed by atoms with van der Waals surface area (Å²) in [7, 11) is 0. The number of anilines is 2. The first kappa shape index (κ1) is 18.5. The fourth-order valence-corrected chi connectivity index (χ4v) is 4.07. The van der Waals surface area contributed by atoms with Crippen LogP contribution in [0.3, 0.4) is 0 Å². The van der Waals surface area contributed by atoms with Crippen molar-refractivity contribution in [3.8, 4) is 0 Å². The molecule has 0 radical (unpaired) electrons. The van der Waals surface area contributed by atoms with E-state index >= 15 is 0 Å². The first-order valence-corrected chi connectivity index (χ1v) is 10.4. The molecule has 1 saturated heterocycles. The molecule has 0 aliphatic carbocycles. The minimum atomic E-state index is -0.0294. The highest BCUT2D eigenvalue weighted by molar-refractivity contribution is 7.99. The number of benzene rings is 2. The van der Waals surface area contributed by atoms with Gasteiger partial charge in [-0.05, 0) is 42.8 Å². The number of nitrogens with zero attached hydrogens (tertiary/aromatic N) is 2. The van der Waals surface area contributed by atoms with Crippen LogP contribution < -0.4 is 10.2 Å². The number of thioether (sulfide) groups is 1. The lowest BCUT2D eigenvalue weighted by Crippen LogP contribution is -2.23. The van der Waals surface area contributed by atoms with Gasteiger partial charge in [0.1, 0.15) is 0 Å². The van der Waals surface area contributed by atoms with Crippen molar-refractivity contribution in [2.75, 3.05) is 22.5 Å². The summed E-state index contributed by atoms with van der Waals surface area (Å²) in [5.41, 5.74) is 2.60. The second-order valence-electron chi connectivity index (χ2n) is 6.68. The Balaban J connectivity index is 1.27. The summed E-state index contributed by atoms with van der Waals surface area (Å²) in [6, 6.07) is 19.5. The Kier molecular flexibility index (Phi) is 5.58. The monoisotopic (exact) mass is 391 g/mol. The van der Waals surface area contributed by atoms with E-state index in [1.807, 2.05) is 54.6 Å². The van der Waals surface area contributed by atoms with Crippen LogP contribution in [0.5, 0.6) is 0 Å². The van der Waals surface area contributed by atoms with Gasteiger partial charge in [0.25, 0.3) is 0 Å². The van der Waals surface area contributed by atoms with Crippen LogP contribution in [0.4, 0.5) is 11.4 Å². The molecule has 28 heavy (non-hydrogen) atoms. The molecule has 0 saturated carbocycles. The van der Waals surface area contributed by atoms with Gasteiger partial charge in [-0.3, -0.25) is 9.59 Å². The topological polar surface area (TPSA) is 62.3 Å². The minimum absolute atomic E-state index is 0.0294. The second kappa shape index (κ2) is 8.44. The maximum absolute atomic E-state index is 12.2. The first-order valence-electron chi connectivity index (χ1n) is 9.38. The summed E-state index contributed by atoms with van der Waals surface area (Å²) in [5.74, 6) is 0.798. The Morgan fingerprint density at radius 1 is 1.07 bits per heavy atom. The lowest BCUT2D eigenvalue weighted by Gasteiger charge is -2.16. The van der Waals surface area contributed by atoms with Gasteiger partial charge in [-0.25, -0.2) is 4.98 Å². The quantitative estimate of drug-likeness (QED) is 0.629. The minimum Gasteiger partial charge on any atom is -0.326 e. The summed E-state index contributed by atoms with van der Waals surface area (Å²) >= 11 is 1.58. The third-order valence-corrected chi connectivity index (χ3v) is 5.62. The van der Waals surface area contributed by atoms with Gasteiger partial charge in [-0.2, -0.15) is 0 Å². The molecule has 6 heteroatoms. The van der Waals surface area contributed by atoms with Gasteiger partial charge >= 0.3 is 0 Å². The van der Waals surface area contributed by atoms with E-state index in [0.717, 1.165) is 40.3 Å². The van der Waals surface area contributed by atoms with Crippen molar-refractivity contribution >= 4 is 45.9 Å². The summed E-state index contributed by atoms with van der Waals surface area (Å²) in [5, 5.41) is 4.95. The molecule has 1 N–H and O–H groups in total. The van der Waals surface area contributed by atoms with Crippen molar-refractivity contribution in [2.24, 2.45) is 0 Å². The number of pyridine rings is 1. The van der Waals surface area contributed by atoms with Crippen LogP contribution >= 0.6 is 11.8 Å². The van der Waals surface area contributed by atoms with Crippen LogP contribution in [0, 0.1) is 0 Å². The molecule has 4 rings (SSSR count). The number of rotatable bonds is 6. The predicted octanol–water partition coefficient (Wildman–Crippen LogP) is 4.48. The summed E-state index contributed by atoms with van der Waals surface area (Å²) in [4.78, 5) is 30.4. The lowest BCUT2D eigenvalue weighted by molar-refractivity contribution is -0.117. The van der Waals surface area contributed by atoms with Crippen molar-refractivity contribution in [1.82, 2.24) is 4.98 Å². The van der Waals surface area contributed by atoms with E-state index in [4.69, 9.17) is 0 Å². The summed E-state index contributed by atoms with van der Waals surface area (Å²) in [6.45, 7) is 0.768. The molecule has 0 bridgehead atoms. The maximum atomic E-state index is 12.2. The highest BCUT2D eigenvalue weighted by Gasteiger charge is 2.21. The summed E-state index contributed by atoms with van der Waals surface area (Å²) in [6.07, 6.45) is 1.93. The van der Waals surface area contributed by atoms with Crippen LogP contribution in [0.15, 0.2) is 65.7 Å². The van der Waals surface area contributed by atoms with E-state index < -0.39 is 0 Å². The highest BCUT2D eigenvalue weighted by atomic mass is 32.2. The smallest absolute Gasteiger partial charge is 0.227 e. The normalized spacial score (nSPS) is 13.9. The van der Waals surface area contributed by atoms with Gasteiger partial charge in [0.15, 0.2) is 0 Å². The maximum Gasteiger partial charge on any atom is 0.227 e. The average Bonchev–Trinajstić information content (AvgIpc) is 3.14. The van der Waals surface area contributed by atoms with Gasteiger partial charge < -0.3 is 10.2 Å². The highest BCUT2D eigenvalue weighted by Crippen LogP contribution is 2.24. The van der Waals surface area contributed by atoms with Crippen molar-refractivity contribution < 1.29 is 9.59 Å². The van der Waals surface area contributed by atoms with Crippen LogP contribution in [0.25, 0.3) is 10.9 Å². The number of hydrogen-bond donors (Lipinski definition) is 1. The standard InChI is InChI=1S/C22H21N3O2S/c26-20(13-15-28-21-12-7-16-4-1-2-5-19(16)24-21)23-17-8-10-18(11-9-17)25-14-3-6-22(25)27/h1-2,4-5,7-12H,3,6,13-15H2,(H,23,26). The third kappa shape index (κ3) is 4.34. The molecule has 5 nitrogen and oxygen atoms in total. The molecule has 1 aromatic heterocycles. The number of amides is 2. The zero-order valence-corrected chi connectivity index (χ0v) is 16.2. The molecule has 2 amide bonds. The van der Waals surface area contributed by atoms with Crippen molar-refractivity contribution in [3.05, 3.63) is 60.7 Å². The Bertz CT molecular complexity index is 1000. The van der Waals surface area contributed by atoms with E-state index in [9.17, 15) is 9.59 Å². The first-order chi connectivity index (χ1) is 13.7. The Hall–Kier alpha value is -2.86. The molecule has 1 aliphatic rings. The number of fused-ring (bicyclic) bond motifs is 1. The molecular formula is C22H21N3O2S. The van der Waals surface area contributed by atoms with Crippen LogP contribution in [0.1, 0.15) is 19.3 Å². The number of hydrogen-bond acceptors (Lipinski definition) is 4. The zero-order chi connectivity index (χ0) is 19.3. The van der Waals surface area contributed by atoms with Gasteiger partial charge in [0.2, 0.25) is 11.8 Å². The number of aromatic nitrogens is 1. The molecule has 2 aromatic carbocycles. The molecular weight excluding hydrogens is 370 g/mol. The Morgan fingerprint density at radius 3 is 2.68 bits per heavy atom. The van der Waals surface area contributed by atoms with Gasteiger partial charge in [-0.15, -0.1) is 11.8 Å². The van der Waals surface area contributed by atoms with Crippen molar-refractivity contribution in [3.63, 3.8) is 0 Å². The Labute approximate surface area is 168 Å². The fraction of sp³-hybridized carbons (Fsp3) is 0.227. The van der Waals surface area contributed by atoms with Crippen LogP contribution in [-0.2, 0) is 9.59 Å². The average molecular weight is 391 g/mol. The van der Waals surface area contributed by atoms with E-state index in [1.54, 1.807) is 16.7 Å². The predicted molar refractivity (Wildman–Crippen MR) is 114 cm³/mol. The van der Waals surface area contributed by atoms with E-state index in [0.29, 0.717) is 18.6 Å². The number of carbonyl (C=O) groups is 2. The van der Waals surface area contributed by atoms with Gasteiger partial charge in [0.05, 0.1) is 10.5 Å². The third-order valence-electron chi connectivity index (χ3n) is 4.69. The molecule has 2 heterocycles. The molecule has 0 unspecified atom stereocenters. The van der Waals surface area contributed by atoms with Gasteiger partial charge in [-0.1, -0.05) is 24.3 Å². The lowest BCUT2D eigenvalue weighted by atomic mass is 10.2. The van der Waals surface area contributed by atoms with E-state index in [2.05, 4.69) is 16.4 Å². The number of para-hydroxylation sites is 1. The molecule has 0 atom stereocenters. The van der Waals surface area contributed by atoms with E-state index in [-0.39, 0.29) is 11.8 Å². The van der Waals surface area contributed by atoms with Crippen molar-refractivity contribution in [2.45, 2.75) is 24.3 Å². The molecule has 142 valence electrons. The van der Waals surface area contributed by atoms with Crippen LogP contribution in [-0.4, -0.2) is 29.1 Å². The molecule has 3 aromatic rings. The van der Waals surface area contributed by atoms with Crippen molar-refractivity contribution in [1.29, 1.82) is 0 Å². The summed E-state index contributed by atoms with van der Waals surface area (Å²) < 4.78 is 0. The SMILES string of the molecule is O=C(CCSc1ccc2ccccc2n1)Nc1ccc(N2CCCC2=O)cc1. The van der Waals surface area contributed by atoms with Gasteiger partial charge in [0, 0.05) is 41.9 Å². The molecule has 0 spiro atoms. The largest absolute Gasteiger partial charge is 0.326 e. The van der Waals surface area contributed by atoms with Crippen LogP contribution in [0.2, 0.25) is 0 Å².